The maximum atomic E-state index is 14.8. The molecule has 0 amide bonds. The average Bonchev–Trinajstić information content (AvgIpc) is 3.55. The van der Waals surface area contributed by atoms with Crippen LogP contribution in [0.1, 0.15) is 113 Å². The molecular formula is C54H83O24-. The Balaban J connectivity index is 1.03. The first-order valence-electron chi connectivity index (χ1n) is 27.6. The molecule has 78 heavy (non-hydrogen) atoms. The zero-order valence-corrected chi connectivity index (χ0v) is 45.4. The Morgan fingerprint density at radius 3 is 1.82 bits per heavy atom. The fourth-order valence-corrected chi connectivity index (χ4v) is 16.3. The molecule has 9 rings (SSSR count). The molecule has 0 aromatic carbocycles. The molecule has 12 N–H and O–H groups in total. The summed E-state index contributed by atoms with van der Waals surface area (Å²) in [5.74, 6) is -3.74. The quantitative estimate of drug-likeness (QED) is 0.0423. The van der Waals surface area contributed by atoms with Crippen LogP contribution in [0.2, 0.25) is 0 Å². The summed E-state index contributed by atoms with van der Waals surface area (Å²) in [6.07, 6.45) is -31.2. The minimum atomic E-state index is -2.25. The number of carbonyl (C=O) groups is 3. The van der Waals surface area contributed by atoms with E-state index in [1.807, 2.05) is 0 Å². The second-order valence-electron chi connectivity index (χ2n) is 26.0. The van der Waals surface area contributed by atoms with Gasteiger partial charge in [-0.1, -0.05) is 53.2 Å². The number of aliphatic hydroxyl groups is 12. The van der Waals surface area contributed by atoms with Crippen molar-refractivity contribution in [2.75, 3.05) is 6.61 Å². The smallest absolute Gasteiger partial charge is 0.317 e. The van der Waals surface area contributed by atoms with Gasteiger partial charge in [-0.15, -0.1) is 0 Å². The third kappa shape index (κ3) is 9.36. The highest BCUT2D eigenvalue weighted by atomic mass is 16.8. The Morgan fingerprint density at radius 2 is 1.22 bits per heavy atom. The molecular weight excluding hydrogens is 1030 g/mol. The second-order valence-corrected chi connectivity index (χ2v) is 26.0. The zero-order valence-electron chi connectivity index (χ0n) is 45.4. The van der Waals surface area contributed by atoms with E-state index in [2.05, 4.69) is 40.7 Å². The Hall–Kier alpha value is -2.41. The summed E-state index contributed by atoms with van der Waals surface area (Å²) in [5, 5.41) is 144. The van der Waals surface area contributed by atoms with E-state index in [1.165, 1.54) is 13.8 Å². The molecule has 444 valence electrons. The third-order valence-electron chi connectivity index (χ3n) is 21.3. The summed E-state index contributed by atoms with van der Waals surface area (Å²) in [6.45, 7) is 14.5. The number of aliphatic hydroxyl groups excluding tert-OH is 12. The van der Waals surface area contributed by atoms with Gasteiger partial charge in [-0.3, -0.25) is 4.79 Å². The summed E-state index contributed by atoms with van der Waals surface area (Å²) in [6, 6.07) is 0. The fourth-order valence-electron chi connectivity index (χ4n) is 16.3. The van der Waals surface area contributed by atoms with Crippen LogP contribution in [-0.2, 0) is 52.3 Å². The second kappa shape index (κ2) is 21.3. The van der Waals surface area contributed by atoms with Crippen molar-refractivity contribution >= 4 is 18.2 Å². The van der Waals surface area contributed by atoms with E-state index < -0.39 is 192 Å². The van der Waals surface area contributed by atoms with Crippen molar-refractivity contribution in [1.82, 2.24) is 0 Å². The SMILES string of the molecule is C[C@@H]1O[C@@H](O[C@H]2[C@H](O)[C@@H](C(=O)[O-])O[C@@H](O[C@H]3CC[C@]4(C)[C@H]5CC=C6[C@@H]7CC(C)(C)CC[C@]7(C(=O)O[C@@H]7O[C@H](C)[C@H](O)[C@H](O)[C@H]7O)[C@H](O)C[C@@]6(C)[C@]5(C)CC[C@H]4[C@]3(C)C=O)[C@@H]2O[C@@H]2O[C@H](CO)[C@H](O)[C@H](O)[C@H]2O)[C@H](O)[C@H](O)[C@H]1O. The van der Waals surface area contributed by atoms with Crippen molar-refractivity contribution in [2.45, 2.75) is 248 Å². The number of fused-ring (bicyclic) bond motifs is 7. The molecule has 0 aromatic rings. The molecule has 0 aromatic heterocycles. The number of hydrogen-bond acceptors (Lipinski definition) is 24. The van der Waals surface area contributed by atoms with Gasteiger partial charge in [-0.05, 0) is 111 Å². The number of ether oxygens (including phenoxy) is 8. The number of rotatable bonds is 11. The molecule has 5 aliphatic carbocycles. The lowest BCUT2D eigenvalue weighted by Gasteiger charge is -2.71. The molecule has 4 saturated carbocycles. The molecule has 9 aliphatic rings. The number of allylic oxidation sites excluding steroid dienone is 2. The molecule has 0 spiro atoms. The number of carboxylic acids is 1. The Kier molecular flexibility index (Phi) is 16.5. The normalized spacial score (nSPS) is 55.0. The first-order valence-corrected chi connectivity index (χ1v) is 27.6. The minimum absolute atomic E-state index is 0.122. The van der Waals surface area contributed by atoms with E-state index in [-0.39, 0.29) is 30.6 Å². The average molecular weight is 1120 g/mol. The topological polar surface area (TPSA) is 391 Å². The number of aldehydes is 1. The van der Waals surface area contributed by atoms with Gasteiger partial charge in [-0.2, -0.15) is 0 Å². The highest BCUT2D eigenvalue weighted by Gasteiger charge is 2.73. The zero-order chi connectivity index (χ0) is 57.3. The van der Waals surface area contributed by atoms with E-state index in [9.17, 15) is 80.8 Å². The van der Waals surface area contributed by atoms with Gasteiger partial charge < -0.3 is 114 Å². The predicted octanol–water partition coefficient (Wildman–Crippen LogP) is -3.07. The number of esters is 1. The lowest BCUT2D eigenvalue weighted by molar-refractivity contribution is -0.403. The van der Waals surface area contributed by atoms with Crippen LogP contribution < -0.4 is 5.11 Å². The van der Waals surface area contributed by atoms with Crippen molar-refractivity contribution in [3.63, 3.8) is 0 Å². The van der Waals surface area contributed by atoms with Gasteiger partial charge in [0.15, 0.2) is 18.9 Å². The first kappa shape index (κ1) is 60.2. The summed E-state index contributed by atoms with van der Waals surface area (Å²) in [7, 11) is 0. The summed E-state index contributed by atoms with van der Waals surface area (Å²) >= 11 is 0. The highest BCUT2D eigenvalue weighted by molar-refractivity contribution is 5.80. The number of carboxylic acid groups (broad SMARTS) is 1. The van der Waals surface area contributed by atoms with Crippen molar-refractivity contribution in [3.8, 4) is 0 Å². The fraction of sp³-hybridized carbons (Fsp3) is 0.907. The summed E-state index contributed by atoms with van der Waals surface area (Å²) in [5.41, 5.74) is -3.89. The molecule has 0 radical (unpaired) electrons. The van der Waals surface area contributed by atoms with Crippen LogP contribution in [0.25, 0.3) is 0 Å². The monoisotopic (exact) mass is 1120 g/mol. The van der Waals surface area contributed by atoms with Crippen molar-refractivity contribution in [1.29, 1.82) is 0 Å². The van der Waals surface area contributed by atoms with Crippen LogP contribution in [0, 0.1) is 50.2 Å². The van der Waals surface area contributed by atoms with Gasteiger partial charge in [0, 0.05) is 0 Å². The first-order chi connectivity index (χ1) is 36.4. The van der Waals surface area contributed by atoms with E-state index in [4.69, 9.17) is 37.9 Å². The maximum Gasteiger partial charge on any atom is 0.317 e. The molecule has 30 atom stereocenters. The van der Waals surface area contributed by atoms with E-state index in [0.29, 0.717) is 38.5 Å². The number of carbonyl (C=O) groups excluding carboxylic acids is 3. The van der Waals surface area contributed by atoms with Crippen LogP contribution in [0.3, 0.4) is 0 Å². The predicted molar refractivity (Wildman–Crippen MR) is 260 cm³/mol. The Morgan fingerprint density at radius 1 is 0.641 bits per heavy atom. The van der Waals surface area contributed by atoms with Gasteiger partial charge in [0.1, 0.15) is 97.2 Å². The Labute approximate surface area is 452 Å². The third-order valence-corrected chi connectivity index (χ3v) is 21.3. The van der Waals surface area contributed by atoms with Gasteiger partial charge >= 0.3 is 5.97 Å². The summed E-state index contributed by atoms with van der Waals surface area (Å²) in [4.78, 5) is 41.6. The van der Waals surface area contributed by atoms with E-state index in [1.54, 1.807) is 6.92 Å². The molecule has 0 bridgehead atoms. The van der Waals surface area contributed by atoms with Crippen LogP contribution in [-0.4, -0.2) is 221 Å². The Bertz CT molecular complexity index is 2250. The van der Waals surface area contributed by atoms with Gasteiger partial charge in [0.05, 0.1) is 42.4 Å². The maximum absolute atomic E-state index is 14.8. The summed E-state index contributed by atoms with van der Waals surface area (Å²) < 4.78 is 47.9. The standard InChI is InChI=1S/C54H84O24/c1-21-30(58)33(61)36(64)44(71-21)75-40-39(67)41(43(68)69)76-47(42(40)77-46-38(66)35(63)32(60)25(19-55)73-46)74-29-12-13-50(5)26(51(29,6)20-56)11-14-52(7)27(50)10-9-23-24-17-49(3,4)15-16-54(24,28(57)18-53(23,52)8)48(70)78-45-37(65)34(62)31(59)22(2)72-45/h9,20-22,24-42,44-47,55,57-67H,10-19H2,1-8H3,(H,68,69)/p-1/t21-,22+,24-,25+,26+,27+,28+,29-,30-,31-,32-,33+,34-,35-,36+,37+,38+,39-,40-,41-,42+,44-,45-,46-,47+,50-,51-,52+,53+,54+/m0/s1. The van der Waals surface area contributed by atoms with Crippen LogP contribution in [0.5, 0.6) is 0 Å². The van der Waals surface area contributed by atoms with Crippen molar-refractivity contribution < 1.29 is 119 Å². The molecule has 4 aliphatic heterocycles. The van der Waals surface area contributed by atoms with E-state index >= 15 is 0 Å². The van der Waals surface area contributed by atoms with E-state index in [0.717, 1.165) is 11.9 Å². The van der Waals surface area contributed by atoms with Gasteiger partial charge in [0.25, 0.3) is 0 Å². The molecule has 4 saturated heterocycles. The van der Waals surface area contributed by atoms with Crippen LogP contribution in [0.15, 0.2) is 11.6 Å². The molecule has 4 heterocycles. The number of hydrogen-bond donors (Lipinski definition) is 12. The lowest BCUT2D eigenvalue weighted by Crippen LogP contribution is -2.70. The molecule has 24 heteroatoms. The lowest BCUT2D eigenvalue weighted by atomic mass is 9.33. The minimum Gasteiger partial charge on any atom is -0.547 e. The highest BCUT2D eigenvalue weighted by Crippen LogP contribution is 2.76. The van der Waals surface area contributed by atoms with Crippen molar-refractivity contribution in [2.24, 2.45) is 50.2 Å². The van der Waals surface area contributed by atoms with Crippen molar-refractivity contribution in [3.05, 3.63) is 11.6 Å². The molecule has 24 nitrogen and oxygen atoms in total. The molecule has 8 fully saturated rings. The van der Waals surface area contributed by atoms with Gasteiger partial charge in [-0.25, -0.2) is 0 Å². The number of aliphatic carboxylic acids is 1. The van der Waals surface area contributed by atoms with Crippen LogP contribution in [0.4, 0.5) is 0 Å². The van der Waals surface area contributed by atoms with Gasteiger partial charge in [0.2, 0.25) is 6.29 Å². The largest absolute Gasteiger partial charge is 0.547 e. The molecule has 0 unspecified atom stereocenters. The van der Waals surface area contributed by atoms with Crippen LogP contribution >= 0.6 is 0 Å².